The molecule has 2 saturated heterocycles. The smallest absolute Gasteiger partial charge is 0.253 e. The lowest BCUT2D eigenvalue weighted by Gasteiger charge is -2.17. The zero-order valence-corrected chi connectivity index (χ0v) is 13.3. The van der Waals surface area contributed by atoms with Gasteiger partial charge in [-0.1, -0.05) is 6.07 Å². The van der Waals surface area contributed by atoms with E-state index >= 15 is 0 Å². The molecule has 5 nitrogen and oxygen atoms in total. The SMILES string of the molecule is O=C(c1cccc(S(=O)(=O)N2CCSC2)c1)N1CCCC1. The maximum Gasteiger partial charge on any atom is 0.253 e. The Kier molecular flexibility index (Phi) is 4.24. The quantitative estimate of drug-likeness (QED) is 0.847. The Morgan fingerprint density at radius 3 is 2.57 bits per heavy atom. The minimum absolute atomic E-state index is 0.0691. The van der Waals surface area contributed by atoms with Crippen LogP contribution in [0.15, 0.2) is 29.2 Å². The van der Waals surface area contributed by atoms with E-state index in [0.29, 0.717) is 18.0 Å². The van der Waals surface area contributed by atoms with Crippen molar-refractivity contribution in [3.8, 4) is 0 Å². The highest BCUT2D eigenvalue weighted by Gasteiger charge is 2.28. The fraction of sp³-hybridized carbons (Fsp3) is 0.500. The van der Waals surface area contributed by atoms with E-state index in [1.807, 2.05) is 0 Å². The topological polar surface area (TPSA) is 57.7 Å². The van der Waals surface area contributed by atoms with Crippen LogP contribution in [0.2, 0.25) is 0 Å². The minimum Gasteiger partial charge on any atom is -0.339 e. The van der Waals surface area contributed by atoms with Crippen LogP contribution in [0.1, 0.15) is 23.2 Å². The van der Waals surface area contributed by atoms with Gasteiger partial charge in [0.2, 0.25) is 10.0 Å². The number of amides is 1. The summed E-state index contributed by atoms with van der Waals surface area (Å²) in [6.45, 7) is 2.06. The molecule has 1 aromatic rings. The number of likely N-dealkylation sites (tertiary alicyclic amines) is 1. The molecule has 0 saturated carbocycles. The predicted octanol–water partition coefficient (Wildman–Crippen LogP) is 1.62. The van der Waals surface area contributed by atoms with Crippen molar-refractivity contribution >= 4 is 27.7 Å². The molecule has 1 aromatic carbocycles. The fourth-order valence-electron chi connectivity index (χ4n) is 2.63. The van der Waals surface area contributed by atoms with Crippen LogP contribution in [0.25, 0.3) is 0 Å². The van der Waals surface area contributed by atoms with Crippen molar-refractivity contribution in [1.82, 2.24) is 9.21 Å². The Morgan fingerprint density at radius 2 is 1.90 bits per heavy atom. The van der Waals surface area contributed by atoms with Crippen LogP contribution in [0, 0.1) is 0 Å². The van der Waals surface area contributed by atoms with Crippen LogP contribution >= 0.6 is 11.8 Å². The second-order valence-corrected chi connectivity index (χ2v) is 8.26. The zero-order valence-electron chi connectivity index (χ0n) is 11.7. The van der Waals surface area contributed by atoms with Crippen LogP contribution in [0.4, 0.5) is 0 Å². The van der Waals surface area contributed by atoms with Gasteiger partial charge >= 0.3 is 0 Å². The molecule has 21 heavy (non-hydrogen) atoms. The summed E-state index contributed by atoms with van der Waals surface area (Å²) in [6, 6.07) is 6.43. The van der Waals surface area contributed by atoms with Gasteiger partial charge in [0.25, 0.3) is 5.91 Å². The maximum atomic E-state index is 12.5. The highest BCUT2D eigenvalue weighted by molar-refractivity contribution is 8.00. The van der Waals surface area contributed by atoms with Crippen LogP contribution in [-0.4, -0.2) is 54.8 Å². The molecule has 0 aliphatic carbocycles. The highest BCUT2D eigenvalue weighted by Crippen LogP contribution is 2.24. The predicted molar refractivity (Wildman–Crippen MR) is 82.8 cm³/mol. The molecule has 114 valence electrons. The van der Waals surface area contributed by atoms with Crippen molar-refractivity contribution in [2.24, 2.45) is 0 Å². The summed E-state index contributed by atoms with van der Waals surface area (Å²) >= 11 is 1.61. The Hall–Kier alpha value is -1.05. The van der Waals surface area contributed by atoms with E-state index in [1.165, 1.54) is 10.4 Å². The lowest BCUT2D eigenvalue weighted by Crippen LogP contribution is -2.29. The largest absolute Gasteiger partial charge is 0.339 e. The second-order valence-electron chi connectivity index (χ2n) is 5.24. The van der Waals surface area contributed by atoms with Gasteiger partial charge in [-0.15, -0.1) is 11.8 Å². The molecule has 2 fully saturated rings. The normalized spacial score (nSPS) is 20.1. The lowest BCUT2D eigenvalue weighted by atomic mass is 10.2. The van der Waals surface area contributed by atoms with Crippen molar-refractivity contribution in [1.29, 1.82) is 0 Å². The summed E-state index contributed by atoms with van der Waals surface area (Å²) in [7, 11) is -3.48. The third-order valence-electron chi connectivity index (χ3n) is 3.83. The summed E-state index contributed by atoms with van der Waals surface area (Å²) in [5.74, 6) is 1.25. The molecule has 0 radical (unpaired) electrons. The molecule has 0 spiro atoms. The average Bonchev–Trinajstić information content (AvgIpc) is 3.19. The Morgan fingerprint density at radius 1 is 1.14 bits per heavy atom. The molecular formula is C14H18N2O3S2. The van der Waals surface area contributed by atoms with Gasteiger partial charge in [-0.3, -0.25) is 4.79 Å². The van der Waals surface area contributed by atoms with Crippen molar-refractivity contribution in [2.45, 2.75) is 17.7 Å². The first kappa shape index (κ1) is 14.9. The van der Waals surface area contributed by atoms with Gasteiger partial charge < -0.3 is 4.90 Å². The first-order valence-corrected chi connectivity index (χ1v) is 9.66. The second kappa shape index (κ2) is 5.98. The van der Waals surface area contributed by atoms with E-state index in [2.05, 4.69) is 0 Å². The van der Waals surface area contributed by atoms with Crippen molar-refractivity contribution in [3.63, 3.8) is 0 Å². The number of hydrogen-bond acceptors (Lipinski definition) is 4. The van der Waals surface area contributed by atoms with E-state index in [-0.39, 0.29) is 10.8 Å². The number of thioether (sulfide) groups is 1. The van der Waals surface area contributed by atoms with Gasteiger partial charge in [0.15, 0.2) is 0 Å². The Labute approximate surface area is 129 Å². The Balaban J connectivity index is 1.87. The molecule has 7 heteroatoms. The zero-order chi connectivity index (χ0) is 14.9. The highest BCUT2D eigenvalue weighted by atomic mass is 32.2. The third-order valence-corrected chi connectivity index (χ3v) is 6.80. The van der Waals surface area contributed by atoms with Gasteiger partial charge in [0, 0.05) is 31.0 Å². The maximum absolute atomic E-state index is 12.5. The minimum atomic E-state index is -3.48. The molecule has 2 aliphatic heterocycles. The number of benzene rings is 1. The molecule has 3 rings (SSSR count). The molecule has 0 atom stereocenters. The van der Waals surface area contributed by atoms with Gasteiger partial charge in [0.1, 0.15) is 0 Å². The van der Waals surface area contributed by atoms with Crippen LogP contribution in [-0.2, 0) is 10.0 Å². The van der Waals surface area contributed by atoms with Crippen molar-refractivity contribution in [3.05, 3.63) is 29.8 Å². The monoisotopic (exact) mass is 326 g/mol. The van der Waals surface area contributed by atoms with Crippen LogP contribution < -0.4 is 0 Å². The number of carbonyl (C=O) groups excluding carboxylic acids is 1. The summed E-state index contributed by atoms with van der Waals surface area (Å²) in [5, 5.41) is 0. The van der Waals surface area contributed by atoms with E-state index in [4.69, 9.17) is 0 Å². The van der Waals surface area contributed by atoms with Crippen LogP contribution in [0.5, 0.6) is 0 Å². The molecule has 0 unspecified atom stereocenters. The number of hydrogen-bond donors (Lipinski definition) is 0. The molecule has 2 aliphatic rings. The number of rotatable bonds is 3. The third kappa shape index (κ3) is 2.95. The summed E-state index contributed by atoms with van der Waals surface area (Å²) in [5.41, 5.74) is 0.463. The van der Waals surface area contributed by atoms with Gasteiger partial charge in [0.05, 0.1) is 10.8 Å². The lowest BCUT2D eigenvalue weighted by molar-refractivity contribution is 0.0792. The average molecular weight is 326 g/mol. The first-order valence-electron chi connectivity index (χ1n) is 7.06. The number of nitrogens with zero attached hydrogens (tertiary/aromatic N) is 2. The van der Waals surface area contributed by atoms with Gasteiger partial charge in [-0.05, 0) is 31.0 Å². The standard InChI is InChI=1S/C14H18N2O3S2/c17-14(15-6-1-2-7-15)12-4-3-5-13(10-12)21(18,19)16-8-9-20-11-16/h3-5,10H,1-2,6-9,11H2. The summed E-state index contributed by atoms with van der Waals surface area (Å²) < 4.78 is 26.5. The number of sulfonamides is 1. The molecule has 0 bridgehead atoms. The molecule has 0 N–H and O–H groups in total. The Bertz CT molecular complexity index is 633. The van der Waals surface area contributed by atoms with Crippen molar-refractivity contribution < 1.29 is 13.2 Å². The van der Waals surface area contributed by atoms with Crippen LogP contribution in [0.3, 0.4) is 0 Å². The molecule has 2 heterocycles. The van der Waals surface area contributed by atoms with Crippen molar-refractivity contribution in [2.75, 3.05) is 31.3 Å². The first-order chi connectivity index (χ1) is 10.1. The van der Waals surface area contributed by atoms with Gasteiger partial charge in [-0.25, -0.2) is 8.42 Å². The fourth-order valence-corrected chi connectivity index (χ4v) is 5.49. The van der Waals surface area contributed by atoms with E-state index in [0.717, 1.165) is 31.7 Å². The molecule has 0 aromatic heterocycles. The molecule has 1 amide bonds. The summed E-state index contributed by atoms with van der Waals surface area (Å²) in [6.07, 6.45) is 2.05. The summed E-state index contributed by atoms with van der Waals surface area (Å²) in [4.78, 5) is 14.4. The van der Waals surface area contributed by atoms with E-state index < -0.39 is 10.0 Å². The van der Waals surface area contributed by atoms with E-state index in [9.17, 15) is 13.2 Å². The van der Waals surface area contributed by atoms with Gasteiger partial charge in [-0.2, -0.15) is 4.31 Å². The van der Waals surface area contributed by atoms with E-state index in [1.54, 1.807) is 34.9 Å². The number of carbonyl (C=O) groups is 1. The molecular weight excluding hydrogens is 308 g/mol.